The van der Waals surface area contributed by atoms with E-state index in [-0.39, 0.29) is 12.5 Å². The fourth-order valence-corrected chi connectivity index (χ4v) is 2.36. The number of amides is 4. The zero-order valence-corrected chi connectivity index (χ0v) is 9.41. The van der Waals surface area contributed by atoms with Gasteiger partial charge >= 0.3 is 6.03 Å². The molecule has 84 valence electrons. The molecule has 0 saturated carbocycles. The van der Waals surface area contributed by atoms with Crippen molar-refractivity contribution in [3.05, 3.63) is 22.4 Å². The summed E-state index contributed by atoms with van der Waals surface area (Å²) in [7, 11) is 0. The Kier molecular flexibility index (Phi) is 2.74. The van der Waals surface area contributed by atoms with Crippen LogP contribution >= 0.6 is 11.3 Å². The van der Waals surface area contributed by atoms with Crippen LogP contribution in [-0.4, -0.2) is 22.7 Å². The minimum absolute atomic E-state index is 0.264. The standard InChI is InChI=1S/C10H10N2O3S/c1-6(7-2-3-16-5-7)12-9(14)4-8(13)11-10(12)15/h2-3,5-6H,4H2,1H3,(H,11,13,15). The Labute approximate surface area is 96.0 Å². The molecule has 0 aliphatic carbocycles. The Balaban J connectivity index is 2.23. The van der Waals surface area contributed by atoms with Gasteiger partial charge in [0.2, 0.25) is 11.8 Å². The van der Waals surface area contributed by atoms with Gasteiger partial charge < -0.3 is 0 Å². The first-order chi connectivity index (χ1) is 7.59. The molecule has 1 unspecified atom stereocenters. The molecule has 0 aromatic carbocycles. The summed E-state index contributed by atoms with van der Waals surface area (Å²) in [5, 5.41) is 5.89. The Morgan fingerprint density at radius 2 is 2.19 bits per heavy atom. The number of nitrogens with one attached hydrogen (secondary N) is 1. The zero-order chi connectivity index (χ0) is 11.7. The van der Waals surface area contributed by atoms with Gasteiger partial charge in [-0.1, -0.05) is 0 Å². The Bertz CT molecular complexity index is 421. The van der Waals surface area contributed by atoms with Gasteiger partial charge in [-0.3, -0.25) is 19.8 Å². The van der Waals surface area contributed by atoms with Crippen LogP contribution < -0.4 is 5.32 Å². The lowest BCUT2D eigenvalue weighted by atomic mass is 10.1. The predicted molar refractivity (Wildman–Crippen MR) is 57.7 cm³/mol. The predicted octanol–water partition coefficient (Wildman–Crippen LogP) is 1.28. The molecular weight excluding hydrogens is 228 g/mol. The number of barbiturate groups is 1. The summed E-state index contributed by atoms with van der Waals surface area (Å²) < 4.78 is 0. The molecule has 2 rings (SSSR count). The summed E-state index contributed by atoms with van der Waals surface area (Å²) >= 11 is 1.50. The maximum atomic E-state index is 11.6. The van der Waals surface area contributed by atoms with Crippen molar-refractivity contribution in [2.24, 2.45) is 0 Å². The first-order valence-electron chi connectivity index (χ1n) is 4.77. The van der Waals surface area contributed by atoms with Gasteiger partial charge in [0.1, 0.15) is 6.42 Å². The third-order valence-corrected chi connectivity index (χ3v) is 3.16. The molecule has 1 aromatic rings. The topological polar surface area (TPSA) is 66.5 Å². The highest BCUT2D eigenvalue weighted by atomic mass is 32.1. The van der Waals surface area contributed by atoms with Gasteiger partial charge in [0, 0.05) is 0 Å². The normalized spacial score (nSPS) is 18.6. The largest absolute Gasteiger partial charge is 0.331 e. The molecule has 0 radical (unpaired) electrons. The minimum atomic E-state index is -0.639. The quantitative estimate of drug-likeness (QED) is 0.789. The van der Waals surface area contributed by atoms with Crippen LogP contribution in [0.1, 0.15) is 24.9 Å². The molecule has 0 bridgehead atoms. The summed E-state index contributed by atoms with van der Waals surface area (Å²) in [6, 6.07) is 0.874. The average Bonchev–Trinajstić information content (AvgIpc) is 2.67. The van der Waals surface area contributed by atoms with E-state index in [0.717, 1.165) is 10.5 Å². The second-order valence-corrected chi connectivity index (χ2v) is 4.31. The molecule has 6 heteroatoms. The van der Waals surface area contributed by atoms with Crippen molar-refractivity contribution < 1.29 is 14.4 Å². The molecule has 1 aliphatic heterocycles. The van der Waals surface area contributed by atoms with Crippen LogP contribution in [0.3, 0.4) is 0 Å². The fourth-order valence-electron chi connectivity index (χ4n) is 1.61. The number of rotatable bonds is 2. The molecule has 1 atom stereocenters. The van der Waals surface area contributed by atoms with Crippen LogP contribution in [0.15, 0.2) is 16.8 Å². The van der Waals surface area contributed by atoms with Gasteiger partial charge in [-0.05, 0) is 29.3 Å². The van der Waals surface area contributed by atoms with Crippen LogP contribution in [0.5, 0.6) is 0 Å². The summed E-state index contributed by atoms with van der Waals surface area (Å²) in [4.78, 5) is 35.2. The van der Waals surface area contributed by atoms with Gasteiger partial charge in [0.15, 0.2) is 0 Å². The van der Waals surface area contributed by atoms with Crippen molar-refractivity contribution in [2.75, 3.05) is 0 Å². The van der Waals surface area contributed by atoms with Gasteiger partial charge in [0.05, 0.1) is 6.04 Å². The first-order valence-corrected chi connectivity index (χ1v) is 5.72. The summed E-state index contributed by atoms with van der Waals surface area (Å²) in [6.45, 7) is 1.76. The van der Waals surface area contributed by atoms with Gasteiger partial charge in [0.25, 0.3) is 0 Å². The van der Waals surface area contributed by atoms with Crippen molar-refractivity contribution in [1.82, 2.24) is 10.2 Å². The molecule has 1 N–H and O–H groups in total. The van der Waals surface area contributed by atoms with Crippen molar-refractivity contribution in [3.8, 4) is 0 Å². The molecule has 16 heavy (non-hydrogen) atoms. The van der Waals surface area contributed by atoms with Crippen molar-refractivity contribution in [1.29, 1.82) is 0 Å². The van der Waals surface area contributed by atoms with Gasteiger partial charge in [-0.25, -0.2) is 4.79 Å². The number of thiophene rings is 1. The first kappa shape index (κ1) is 10.8. The van der Waals surface area contributed by atoms with Gasteiger partial charge in [-0.2, -0.15) is 11.3 Å². The van der Waals surface area contributed by atoms with E-state index in [1.165, 1.54) is 11.3 Å². The average molecular weight is 238 g/mol. The van der Waals surface area contributed by atoms with Gasteiger partial charge in [-0.15, -0.1) is 0 Å². The number of urea groups is 1. The van der Waals surface area contributed by atoms with E-state index in [0.29, 0.717) is 0 Å². The molecule has 4 amide bonds. The van der Waals surface area contributed by atoms with Crippen LogP contribution in [0.2, 0.25) is 0 Å². The molecule has 1 aliphatic rings. The maximum absolute atomic E-state index is 11.6. The second-order valence-electron chi connectivity index (χ2n) is 3.53. The third kappa shape index (κ3) is 1.83. The smallest absolute Gasteiger partial charge is 0.277 e. The summed E-state index contributed by atoms with van der Waals surface area (Å²) in [5.74, 6) is -0.990. The van der Waals surface area contributed by atoms with Crippen molar-refractivity contribution in [3.63, 3.8) is 0 Å². The van der Waals surface area contributed by atoms with E-state index in [2.05, 4.69) is 5.32 Å². The fraction of sp³-hybridized carbons (Fsp3) is 0.300. The van der Waals surface area contributed by atoms with Crippen LogP contribution in [0, 0.1) is 0 Å². The summed E-state index contributed by atoms with van der Waals surface area (Å²) in [5.41, 5.74) is 0.892. The number of carbonyl (C=O) groups is 3. The molecule has 5 nitrogen and oxygen atoms in total. The molecule has 1 fully saturated rings. The van der Waals surface area contributed by atoms with E-state index in [1.807, 2.05) is 16.8 Å². The Morgan fingerprint density at radius 3 is 2.75 bits per heavy atom. The highest BCUT2D eigenvalue weighted by Crippen LogP contribution is 2.24. The highest BCUT2D eigenvalue weighted by molar-refractivity contribution is 7.08. The van der Waals surface area contributed by atoms with E-state index in [4.69, 9.17) is 0 Å². The Morgan fingerprint density at radius 1 is 1.44 bits per heavy atom. The van der Waals surface area contributed by atoms with E-state index in [9.17, 15) is 14.4 Å². The number of hydrogen-bond donors (Lipinski definition) is 1. The van der Waals surface area contributed by atoms with Crippen molar-refractivity contribution in [2.45, 2.75) is 19.4 Å². The van der Waals surface area contributed by atoms with E-state index >= 15 is 0 Å². The monoisotopic (exact) mass is 238 g/mol. The minimum Gasteiger partial charge on any atom is -0.277 e. The number of carbonyl (C=O) groups excluding carboxylic acids is 3. The summed E-state index contributed by atoms with van der Waals surface area (Å²) in [6.07, 6.45) is -0.264. The Hall–Kier alpha value is -1.69. The molecular formula is C10H10N2O3S. The lowest BCUT2D eigenvalue weighted by molar-refractivity contribution is -0.137. The lowest BCUT2D eigenvalue weighted by Gasteiger charge is -2.29. The maximum Gasteiger partial charge on any atom is 0.331 e. The molecule has 2 heterocycles. The van der Waals surface area contributed by atoms with Crippen LogP contribution in [0.4, 0.5) is 4.79 Å². The van der Waals surface area contributed by atoms with Crippen LogP contribution in [-0.2, 0) is 9.59 Å². The molecule has 1 aromatic heterocycles. The van der Waals surface area contributed by atoms with E-state index in [1.54, 1.807) is 6.92 Å². The third-order valence-electron chi connectivity index (χ3n) is 2.46. The SMILES string of the molecule is CC(c1ccsc1)N1C(=O)CC(=O)NC1=O. The van der Waals surface area contributed by atoms with E-state index < -0.39 is 17.8 Å². The molecule has 0 spiro atoms. The van der Waals surface area contributed by atoms with Crippen molar-refractivity contribution >= 4 is 29.2 Å². The van der Waals surface area contributed by atoms with Crippen LogP contribution in [0.25, 0.3) is 0 Å². The molecule has 1 saturated heterocycles. The zero-order valence-electron chi connectivity index (χ0n) is 8.60. The number of hydrogen-bond acceptors (Lipinski definition) is 4. The lowest BCUT2D eigenvalue weighted by Crippen LogP contribution is -2.53. The second kappa shape index (κ2) is 4.05. The highest BCUT2D eigenvalue weighted by Gasteiger charge is 2.34. The number of imide groups is 2. The number of nitrogens with zero attached hydrogens (tertiary/aromatic N) is 1.